The summed E-state index contributed by atoms with van der Waals surface area (Å²) in [6.45, 7) is 4.95. The van der Waals surface area contributed by atoms with Gasteiger partial charge in [0, 0.05) is 6.42 Å². The Hall–Kier alpha value is -0.850. The average Bonchev–Trinajstić information content (AvgIpc) is 2.81. The lowest BCUT2D eigenvalue weighted by Crippen LogP contribution is -2.49. The molecule has 0 amide bonds. The van der Waals surface area contributed by atoms with E-state index in [-0.39, 0.29) is 0 Å². The highest BCUT2D eigenvalue weighted by atomic mass is 16.1. The van der Waals surface area contributed by atoms with E-state index in [1.807, 2.05) is 6.08 Å². The van der Waals surface area contributed by atoms with Crippen molar-refractivity contribution in [1.29, 1.82) is 0 Å². The molecule has 2 fully saturated rings. The zero-order valence-corrected chi connectivity index (χ0v) is 12.8. The third kappa shape index (κ3) is 1.58. The number of hydrogen-bond acceptors (Lipinski definition) is 1. The molecule has 0 aromatic heterocycles. The maximum atomic E-state index is 11.8. The summed E-state index contributed by atoms with van der Waals surface area (Å²) in [5, 5.41) is 0. The zero-order chi connectivity index (χ0) is 14.0. The lowest BCUT2D eigenvalue weighted by Gasteiger charge is -2.57. The Bertz CT molecular complexity index is 514. The van der Waals surface area contributed by atoms with E-state index in [0.29, 0.717) is 16.6 Å². The van der Waals surface area contributed by atoms with Gasteiger partial charge >= 0.3 is 0 Å². The molecule has 2 saturated carbocycles. The van der Waals surface area contributed by atoms with Gasteiger partial charge < -0.3 is 0 Å². The number of ketones is 1. The first-order valence-corrected chi connectivity index (χ1v) is 8.44. The maximum Gasteiger partial charge on any atom is 0.155 e. The van der Waals surface area contributed by atoms with Gasteiger partial charge in [0.25, 0.3) is 0 Å². The molecule has 0 aliphatic heterocycles. The van der Waals surface area contributed by atoms with E-state index in [1.165, 1.54) is 37.7 Å². The van der Waals surface area contributed by atoms with Crippen LogP contribution in [0.15, 0.2) is 23.8 Å². The molecule has 0 aromatic carbocycles. The predicted octanol–water partition coefficient (Wildman–Crippen LogP) is 4.68. The van der Waals surface area contributed by atoms with Crippen molar-refractivity contribution >= 4 is 5.78 Å². The number of hydrogen-bond donors (Lipinski definition) is 0. The number of rotatable bonds is 0. The van der Waals surface area contributed by atoms with Gasteiger partial charge in [0.05, 0.1) is 0 Å². The van der Waals surface area contributed by atoms with Crippen LogP contribution in [0, 0.1) is 28.6 Å². The van der Waals surface area contributed by atoms with Crippen molar-refractivity contribution in [3.63, 3.8) is 0 Å². The van der Waals surface area contributed by atoms with Crippen LogP contribution < -0.4 is 0 Å². The van der Waals surface area contributed by atoms with E-state index >= 15 is 0 Å². The fraction of sp³-hybridized carbons (Fsp3) is 0.737. The highest BCUT2D eigenvalue weighted by molar-refractivity contribution is 5.91. The first-order valence-electron chi connectivity index (χ1n) is 8.44. The fourth-order valence-electron chi connectivity index (χ4n) is 6.04. The second-order valence-corrected chi connectivity index (χ2v) is 8.15. The highest BCUT2D eigenvalue weighted by Crippen LogP contribution is 2.63. The van der Waals surface area contributed by atoms with Gasteiger partial charge in [-0.05, 0) is 73.2 Å². The fourth-order valence-corrected chi connectivity index (χ4v) is 6.04. The number of fused-ring (bicyclic) bond motifs is 5. The largest absolute Gasteiger partial charge is 0.295 e. The summed E-state index contributed by atoms with van der Waals surface area (Å²) in [7, 11) is 0. The van der Waals surface area contributed by atoms with Crippen LogP contribution in [0.3, 0.4) is 0 Å². The SMILES string of the molecule is CC12C=CCC1C1CCC3=CC(=O)CCC3(C)C1CC2. The van der Waals surface area contributed by atoms with Crippen molar-refractivity contribution in [1.82, 2.24) is 0 Å². The van der Waals surface area contributed by atoms with E-state index in [2.05, 4.69) is 26.0 Å². The molecule has 20 heavy (non-hydrogen) atoms. The summed E-state index contributed by atoms with van der Waals surface area (Å²) in [4.78, 5) is 11.8. The minimum atomic E-state index is 0.334. The third-order valence-corrected chi connectivity index (χ3v) is 7.29. The Kier molecular flexibility index (Phi) is 2.63. The monoisotopic (exact) mass is 270 g/mol. The van der Waals surface area contributed by atoms with Crippen LogP contribution in [-0.4, -0.2) is 5.78 Å². The maximum absolute atomic E-state index is 11.8. The molecule has 4 rings (SSSR count). The number of carbonyl (C=O) groups excluding carboxylic acids is 1. The molecule has 0 heterocycles. The molecule has 0 bridgehead atoms. The Balaban J connectivity index is 1.70. The molecular weight excluding hydrogens is 244 g/mol. The van der Waals surface area contributed by atoms with Gasteiger partial charge in [-0.2, -0.15) is 0 Å². The van der Waals surface area contributed by atoms with Crippen LogP contribution >= 0.6 is 0 Å². The van der Waals surface area contributed by atoms with Gasteiger partial charge in [0.15, 0.2) is 5.78 Å². The number of allylic oxidation sites excluding steroid dienone is 4. The minimum Gasteiger partial charge on any atom is -0.295 e. The van der Waals surface area contributed by atoms with Crippen LogP contribution in [0.5, 0.6) is 0 Å². The molecule has 4 aliphatic rings. The predicted molar refractivity (Wildman–Crippen MR) is 81.2 cm³/mol. The molecule has 5 atom stereocenters. The van der Waals surface area contributed by atoms with Crippen LogP contribution in [0.25, 0.3) is 0 Å². The van der Waals surface area contributed by atoms with Gasteiger partial charge in [-0.25, -0.2) is 0 Å². The molecule has 1 nitrogen and oxygen atoms in total. The van der Waals surface area contributed by atoms with Crippen molar-refractivity contribution in [2.24, 2.45) is 28.6 Å². The molecule has 0 spiro atoms. The van der Waals surface area contributed by atoms with E-state index in [9.17, 15) is 4.79 Å². The van der Waals surface area contributed by atoms with Crippen molar-refractivity contribution in [2.45, 2.75) is 58.8 Å². The van der Waals surface area contributed by atoms with E-state index < -0.39 is 0 Å². The summed E-state index contributed by atoms with van der Waals surface area (Å²) >= 11 is 0. The lowest BCUT2D eigenvalue weighted by molar-refractivity contribution is -0.117. The normalized spacial score (nSPS) is 50.2. The van der Waals surface area contributed by atoms with Gasteiger partial charge in [0.2, 0.25) is 0 Å². The van der Waals surface area contributed by atoms with Gasteiger partial charge in [-0.3, -0.25) is 4.79 Å². The van der Waals surface area contributed by atoms with Crippen molar-refractivity contribution in [3.8, 4) is 0 Å². The average molecular weight is 270 g/mol. The lowest BCUT2D eigenvalue weighted by atomic mass is 9.47. The molecule has 0 radical (unpaired) electrons. The second kappa shape index (κ2) is 4.08. The smallest absolute Gasteiger partial charge is 0.155 e. The van der Waals surface area contributed by atoms with E-state index in [0.717, 1.165) is 30.6 Å². The van der Waals surface area contributed by atoms with Gasteiger partial charge in [-0.15, -0.1) is 0 Å². The third-order valence-electron chi connectivity index (χ3n) is 7.29. The molecular formula is C19H26O. The molecule has 0 aromatic rings. The Morgan fingerprint density at radius 2 is 1.95 bits per heavy atom. The zero-order valence-electron chi connectivity index (χ0n) is 12.8. The van der Waals surface area contributed by atoms with Crippen molar-refractivity contribution < 1.29 is 4.79 Å². The summed E-state index contributed by atoms with van der Waals surface area (Å²) in [6, 6.07) is 0. The summed E-state index contributed by atoms with van der Waals surface area (Å²) in [5.74, 6) is 2.96. The standard InChI is InChI=1S/C19H26O/c1-18-9-3-4-16(18)15-6-5-13-12-14(20)7-11-19(13,2)17(15)8-10-18/h3,9,12,15-17H,4-8,10-11H2,1-2H3. The molecule has 1 heteroatoms. The Morgan fingerprint density at radius 3 is 2.80 bits per heavy atom. The van der Waals surface area contributed by atoms with E-state index in [4.69, 9.17) is 0 Å². The topological polar surface area (TPSA) is 17.1 Å². The number of carbonyl (C=O) groups is 1. The first-order chi connectivity index (χ1) is 9.53. The Morgan fingerprint density at radius 1 is 1.10 bits per heavy atom. The summed E-state index contributed by atoms with van der Waals surface area (Å²) in [6.07, 6.45) is 15.4. The Labute approximate surface area is 122 Å². The van der Waals surface area contributed by atoms with Gasteiger partial charge in [0.1, 0.15) is 0 Å². The van der Waals surface area contributed by atoms with E-state index in [1.54, 1.807) is 0 Å². The molecule has 5 unspecified atom stereocenters. The quantitative estimate of drug-likeness (QED) is 0.584. The summed E-state index contributed by atoms with van der Waals surface area (Å²) in [5.41, 5.74) is 2.30. The second-order valence-electron chi connectivity index (χ2n) is 8.15. The molecule has 0 N–H and O–H groups in total. The van der Waals surface area contributed by atoms with Crippen LogP contribution in [-0.2, 0) is 4.79 Å². The highest BCUT2D eigenvalue weighted by Gasteiger charge is 2.54. The molecule has 108 valence electrons. The minimum absolute atomic E-state index is 0.334. The van der Waals surface area contributed by atoms with Crippen LogP contribution in [0.1, 0.15) is 58.8 Å². The van der Waals surface area contributed by atoms with Crippen molar-refractivity contribution in [3.05, 3.63) is 23.8 Å². The summed E-state index contributed by atoms with van der Waals surface area (Å²) < 4.78 is 0. The van der Waals surface area contributed by atoms with Gasteiger partial charge in [-0.1, -0.05) is 31.6 Å². The first kappa shape index (κ1) is 12.9. The van der Waals surface area contributed by atoms with Crippen LogP contribution in [0.2, 0.25) is 0 Å². The molecule has 0 saturated heterocycles. The van der Waals surface area contributed by atoms with Crippen molar-refractivity contribution in [2.75, 3.05) is 0 Å². The van der Waals surface area contributed by atoms with Crippen LogP contribution in [0.4, 0.5) is 0 Å². The molecule has 4 aliphatic carbocycles.